The summed E-state index contributed by atoms with van der Waals surface area (Å²) in [5.41, 5.74) is 0.657. The van der Waals surface area contributed by atoms with Crippen molar-refractivity contribution in [2.24, 2.45) is 11.3 Å². The van der Waals surface area contributed by atoms with Gasteiger partial charge >= 0.3 is 0 Å². The van der Waals surface area contributed by atoms with Gasteiger partial charge in [0.05, 0.1) is 17.0 Å². The van der Waals surface area contributed by atoms with Gasteiger partial charge in [0.1, 0.15) is 12.1 Å². The third kappa shape index (κ3) is 4.90. The number of hydrogen-bond acceptors (Lipinski definition) is 3. The van der Waals surface area contributed by atoms with Crippen LogP contribution in [-0.2, 0) is 14.4 Å². The summed E-state index contributed by atoms with van der Waals surface area (Å²) in [6.07, 6.45) is 4.08. The molecule has 0 bridgehead atoms. The summed E-state index contributed by atoms with van der Waals surface area (Å²) in [5, 5.41) is 5.71. The molecule has 0 radical (unpaired) electrons. The number of nitrogens with one attached hydrogen (secondary N) is 2. The fraction of sp³-hybridized carbons (Fsp3) is 0.571. The first kappa shape index (κ1) is 22.3. The van der Waals surface area contributed by atoms with Gasteiger partial charge in [0.2, 0.25) is 11.8 Å². The van der Waals surface area contributed by atoms with Crippen molar-refractivity contribution in [3.05, 3.63) is 34.1 Å². The largest absolute Gasteiger partial charge is 0.359 e. The Bertz CT molecular complexity index is 747. The van der Waals surface area contributed by atoms with E-state index in [-0.39, 0.29) is 29.7 Å². The van der Waals surface area contributed by atoms with Gasteiger partial charge < -0.3 is 15.4 Å². The van der Waals surface area contributed by atoms with Gasteiger partial charge in [-0.15, -0.1) is 0 Å². The molecule has 2 N–H and O–H groups in total. The molecule has 1 aromatic rings. The number of halogens is 2. The Morgan fingerprint density at radius 3 is 2.54 bits per heavy atom. The molecule has 7 heteroatoms. The second kappa shape index (κ2) is 9.50. The Morgan fingerprint density at radius 2 is 1.96 bits per heavy atom. The lowest BCUT2D eigenvalue weighted by atomic mass is 9.76. The average molecular weight is 411 g/mol. The monoisotopic (exact) mass is 410 g/mol. The van der Waals surface area contributed by atoms with Crippen LogP contribution < -0.4 is 10.6 Å². The molecule has 0 aliphatic heterocycles. The van der Waals surface area contributed by atoms with E-state index in [0.29, 0.717) is 11.3 Å². The van der Waals surface area contributed by atoms with Crippen LogP contribution in [0, 0.1) is 24.1 Å². The molecule has 2 atom stereocenters. The van der Waals surface area contributed by atoms with Crippen molar-refractivity contribution in [1.82, 2.24) is 10.6 Å². The number of benzene rings is 1. The highest BCUT2D eigenvalue weighted by atomic mass is 35.5. The molecule has 2 amide bonds. The SMILES string of the molecule is CNC(=O)CC(CC=O)C(=O)NC(c1c(F)ccc(C)c1Cl)C1(C)CCCC1. The maximum atomic E-state index is 14.8. The Labute approximate surface area is 170 Å². The summed E-state index contributed by atoms with van der Waals surface area (Å²) >= 11 is 6.45. The fourth-order valence-electron chi connectivity index (χ4n) is 3.99. The van der Waals surface area contributed by atoms with Gasteiger partial charge in [-0.25, -0.2) is 4.39 Å². The highest BCUT2D eigenvalue weighted by Gasteiger charge is 2.42. The van der Waals surface area contributed by atoms with Crippen molar-refractivity contribution in [1.29, 1.82) is 0 Å². The molecular weight excluding hydrogens is 383 g/mol. The van der Waals surface area contributed by atoms with Crippen molar-refractivity contribution < 1.29 is 18.8 Å². The van der Waals surface area contributed by atoms with Crippen LogP contribution in [0.3, 0.4) is 0 Å². The maximum Gasteiger partial charge on any atom is 0.224 e. The molecule has 154 valence electrons. The number of rotatable bonds is 8. The second-order valence-corrected chi connectivity index (χ2v) is 8.25. The zero-order valence-electron chi connectivity index (χ0n) is 16.6. The first-order chi connectivity index (χ1) is 13.2. The van der Waals surface area contributed by atoms with Crippen molar-refractivity contribution in [3.8, 4) is 0 Å². The molecule has 1 aromatic carbocycles. The molecule has 0 heterocycles. The number of aryl methyl sites for hydroxylation is 1. The molecule has 0 aromatic heterocycles. The van der Waals surface area contributed by atoms with Crippen LogP contribution in [0.5, 0.6) is 0 Å². The smallest absolute Gasteiger partial charge is 0.224 e. The summed E-state index contributed by atoms with van der Waals surface area (Å²) in [7, 11) is 1.47. The summed E-state index contributed by atoms with van der Waals surface area (Å²) in [5.74, 6) is -2.04. The van der Waals surface area contributed by atoms with E-state index in [0.717, 1.165) is 31.2 Å². The van der Waals surface area contributed by atoms with Crippen molar-refractivity contribution in [2.75, 3.05) is 7.05 Å². The lowest BCUT2D eigenvalue weighted by Gasteiger charge is -2.37. The zero-order valence-corrected chi connectivity index (χ0v) is 17.4. The Balaban J connectivity index is 2.41. The summed E-state index contributed by atoms with van der Waals surface area (Å²) < 4.78 is 14.8. The number of hydrogen-bond donors (Lipinski definition) is 2. The molecule has 2 unspecified atom stereocenters. The number of carbonyl (C=O) groups is 3. The topological polar surface area (TPSA) is 75.3 Å². The highest BCUT2D eigenvalue weighted by molar-refractivity contribution is 6.32. The average Bonchev–Trinajstić information content (AvgIpc) is 3.11. The molecule has 1 aliphatic carbocycles. The Morgan fingerprint density at radius 1 is 1.32 bits per heavy atom. The van der Waals surface area contributed by atoms with E-state index in [1.54, 1.807) is 13.0 Å². The predicted octanol–water partition coefficient (Wildman–Crippen LogP) is 3.87. The minimum Gasteiger partial charge on any atom is -0.359 e. The van der Waals surface area contributed by atoms with Gasteiger partial charge in [0, 0.05) is 25.5 Å². The zero-order chi connectivity index (χ0) is 20.9. The highest BCUT2D eigenvalue weighted by Crippen LogP contribution is 2.49. The number of aldehydes is 1. The van der Waals surface area contributed by atoms with E-state index < -0.39 is 23.7 Å². The second-order valence-electron chi connectivity index (χ2n) is 7.87. The molecule has 0 spiro atoms. The van der Waals surface area contributed by atoms with Gasteiger partial charge in [0.25, 0.3) is 0 Å². The van der Waals surface area contributed by atoms with Gasteiger partial charge in [-0.2, -0.15) is 0 Å². The molecule has 1 fully saturated rings. The van der Waals surface area contributed by atoms with Crippen LogP contribution in [0.25, 0.3) is 0 Å². The third-order valence-corrected chi connectivity index (χ3v) is 6.30. The first-order valence-corrected chi connectivity index (χ1v) is 10.0. The standard InChI is InChI=1S/C21H28ClFN2O3/c1-13-6-7-15(23)17(18(13)22)19(21(2)9-4-5-10-21)25-20(28)14(8-11-26)12-16(27)24-3/h6-7,11,14,19H,4-5,8-10,12H2,1-3H3,(H,24,27)(H,25,28). The normalized spacial score (nSPS) is 17.6. The molecule has 2 rings (SSSR count). The Kier molecular flexibility index (Phi) is 7.58. The van der Waals surface area contributed by atoms with Crippen LogP contribution in [-0.4, -0.2) is 25.1 Å². The van der Waals surface area contributed by atoms with Crippen molar-refractivity contribution >= 4 is 29.7 Å². The fourth-order valence-corrected chi connectivity index (χ4v) is 4.26. The summed E-state index contributed by atoms with van der Waals surface area (Å²) in [4.78, 5) is 35.7. The lowest BCUT2D eigenvalue weighted by Crippen LogP contribution is -2.43. The van der Waals surface area contributed by atoms with Crippen molar-refractivity contribution in [2.45, 2.75) is 58.4 Å². The first-order valence-electron chi connectivity index (χ1n) is 9.62. The van der Waals surface area contributed by atoms with E-state index >= 15 is 0 Å². The van der Waals surface area contributed by atoms with Crippen molar-refractivity contribution in [3.63, 3.8) is 0 Å². The quantitative estimate of drug-likeness (QED) is 0.639. The number of carbonyl (C=O) groups excluding carboxylic acids is 3. The van der Waals surface area contributed by atoms with Crippen LogP contribution in [0.2, 0.25) is 5.02 Å². The minimum atomic E-state index is -0.809. The van der Waals surface area contributed by atoms with Crippen LogP contribution in [0.1, 0.15) is 62.6 Å². The predicted molar refractivity (Wildman–Crippen MR) is 106 cm³/mol. The summed E-state index contributed by atoms with van der Waals surface area (Å²) in [6.45, 7) is 3.82. The molecule has 5 nitrogen and oxygen atoms in total. The van der Waals surface area contributed by atoms with Gasteiger partial charge in [-0.05, 0) is 36.8 Å². The van der Waals surface area contributed by atoms with E-state index in [4.69, 9.17) is 11.6 Å². The molecular formula is C21H28ClFN2O3. The molecule has 0 saturated heterocycles. The van der Waals surface area contributed by atoms with E-state index in [1.807, 2.05) is 6.92 Å². The van der Waals surface area contributed by atoms with Gasteiger partial charge in [0.15, 0.2) is 0 Å². The molecule has 1 saturated carbocycles. The maximum absolute atomic E-state index is 14.8. The van der Waals surface area contributed by atoms with E-state index in [2.05, 4.69) is 10.6 Å². The lowest BCUT2D eigenvalue weighted by molar-refractivity contribution is -0.132. The van der Waals surface area contributed by atoms with Gasteiger partial charge in [-0.1, -0.05) is 37.4 Å². The Hall–Kier alpha value is -1.95. The van der Waals surface area contributed by atoms with Crippen LogP contribution in [0.15, 0.2) is 12.1 Å². The van der Waals surface area contributed by atoms with E-state index in [9.17, 15) is 18.8 Å². The van der Waals surface area contributed by atoms with Crippen LogP contribution >= 0.6 is 11.6 Å². The molecule has 28 heavy (non-hydrogen) atoms. The molecule has 1 aliphatic rings. The van der Waals surface area contributed by atoms with Gasteiger partial charge in [-0.3, -0.25) is 9.59 Å². The minimum absolute atomic E-state index is 0.0767. The number of amides is 2. The van der Waals surface area contributed by atoms with E-state index in [1.165, 1.54) is 13.1 Å². The van der Waals surface area contributed by atoms with Crippen LogP contribution in [0.4, 0.5) is 4.39 Å². The third-order valence-electron chi connectivity index (χ3n) is 5.80. The summed E-state index contributed by atoms with van der Waals surface area (Å²) in [6, 6.07) is 2.34.